The smallest absolute Gasteiger partial charge is 0.224 e. The van der Waals surface area contributed by atoms with Crippen molar-refractivity contribution in [3.05, 3.63) is 35.9 Å². The molecular formula is C13H19N3O. The zero-order chi connectivity index (χ0) is 12.1. The highest BCUT2D eigenvalue weighted by atomic mass is 16.1. The van der Waals surface area contributed by atoms with Crippen LogP contribution in [-0.2, 0) is 11.3 Å². The lowest BCUT2D eigenvalue weighted by Crippen LogP contribution is -2.40. The Morgan fingerprint density at radius 2 is 2.18 bits per heavy atom. The summed E-state index contributed by atoms with van der Waals surface area (Å²) in [6.45, 7) is 3.16. The largest absolute Gasteiger partial charge is 0.330 e. The molecule has 0 saturated carbocycles. The van der Waals surface area contributed by atoms with Crippen molar-refractivity contribution in [2.45, 2.75) is 13.0 Å². The Bertz CT molecular complexity index is 355. The summed E-state index contributed by atoms with van der Waals surface area (Å²) in [6.07, 6.45) is 1.99. The molecule has 4 nitrogen and oxygen atoms in total. The monoisotopic (exact) mass is 233 g/mol. The standard InChI is InChI=1S/C13H19N3O/c14-8-13-6-7-15(10-13)16(11-17)9-12-4-2-1-3-5-12/h1-5,11,13H,6-10,14H2/t13-/m1/s1. The van der Waals surface area contributed by atoms with Gasteiger partial charge in [0.1, 0.15) is 0 Å². The van der Waals surface area contributed by atoms with Crippen molar-refractivity contribution in [1.29, 1.82) is 0 Å². The van der Waals surface area contributed by atoms with Gasteiger partial charge in [0, 0.05) is 13.1 Å². The van der Waals surface area contributed by atoms with Crippen molar-refractivity contribution >= 4 is 6.41 Å². The van der Waals surface area contributed by atoms with Crippen LogP contribution in [0.4, 0.5) is 0 Å². The van der Waals surface area contributed by atoms with Crippen LogP contribution in [0, 0.1) is 5.92 Å². The highest BCUT2D eigenvalue weighted by Gasteiger charge is 2.25. The van der Waals surface area contributed by atoms with Crippen LogP contribution in [0.2, 0.25) is 0 Å². The fourth-order valence-corrected chi connectivity index (χ4v) is 2.21. The van der Waals surface area contributed by atoms with E-state index in [1.807, 2.05) is 30.3 Å². The van der Waals surface area contributed by atoms with Crippen LogP contribution in [0.3, 0.4) is 0 Å². The fourth-order valence-electron chi connectivity index (χ4n) is 2.21. The molecular weight excluding hydrogens is 214 g/mol. The minimum absolute atomic E-state index is 0.522. The van der Waals surface area contributed by atoms with Crippen molar-refractivity contribution in [3.8, 4) is 0 Å². The van der Waals surface area contributed by atoms with Crippen molar-refractivity contribution in [1.82, 2.24) is 10.0 Å². The van der Waals surface area contributed by atoms with E-state index in [0.717, 1.165) is 31.5 Å². The Balaban J connectivity index is 1.96. The SMILES string of the molecule is NC[C@H]1CCN(N(C=O)Cc2ccccc2)C1. The molecule has 1 saturated heterocycles. The van der Waals surface area contributed by atoms with E-state index in [9.17, 15) is 4.79 Å². The Labute approximate surface area is 102 Å². The minimum Gasteiger partial charge on any atom is -0.330 e. The first kappa shape index (κ1) is 12.1. The number of benzene rings is 1. The Morgan fingerprint density at radius 1 is 1.41 bits per heavy atom. The molecule has 1 aromatic carbocycles. The predicted octanol–water partition coefficient (Wildman–Crippen LogP) is 0.841. The van der Waals surface area contributed by atoms with Gasteiger partial charge in [-0.1, -0.05) is 30.3 Å². The van der Waals surface area contributed by atoms with E-state index in [-0.39, 0.29) is 0 Å². The average molecular weight is 233 g/mol. The second kappa shape index (κ2) is 5.80. The van der Waals surface area contributed by atoms with E-state index < -0.39 is 0 Å². The highest BCUT2D eigenvalue weighted by Crippen LogP contribution is 2.17. The van der Waals surface area contributed by atoms with Gasteiger partial charge in [-0.05, 0) is 24.4 Å². The van der Waals surface area contributed by atoms with Crippen molar-refractivity contribution in [2.75, 3.05) is 19.6 Å². The first-order chi connectivity index (χ1) is 8.33. The van der Waals surface area contributed by atoms with Crippen LogP contribution in [0.25, 0.3) is 0 Å². The second-order valence-corrected chi connectivity index (χ2v) is 4.49. The van der Waals surface area contributed by atoms with Gasteiger partial charge in [0.2, 0.25) is 6.41 Å². The first-order valence-electron chi connectivity index (χ1n) is 6.04. The van der Waals surface area contributed by atoms with Gasteiger partial charge in [-0.15, -0.1) is 0 Å². The Kier molecular flexibility index (Phi) is 4.12. The van der Waals surface area contributed by atoms with Crippen LogP contribution < -0.4 is 5.73 Å². The summed E-state index contributed by atoms with van der Waals surface area (Å²) >= 11 is 0. The molecule has 2 rings (SSSR count). The molecule has 1 aliphatic rings. The molecule has 0 radical (unpaired) electrons. The third-order valence-electron chi connectivity index (χ3n) is 3.27. The molecule has 2 N–H and O–H groups in total. The van der Waals surface area contributed by atoms with Crippen LogP contribution >= 0.6 is 0 Å². The Morgan fingerprint density at radius 3 is 2.76 bits per heavy atom. The minimum atomic E-state index is 0.522. The summed E-state index contributed by atoms with van der Waals surface area (Å²) < 4.78 is 0. The van der Waals surface area contributed by atoms with Gasteiger partial charge < -0.3 is 5.73 Å². The lowest BCUT2D eigenvalue weighted by Gasteiger charge is -2.28. The number of hydrogen-bond acceptors (Lipinski definition) is 3. The summed E-state index contributed by atoms with van der Waals surface area (Å²) in [5.74, 6) is 0.522. The van der Waals surface area contributed by atoms with Crippen molar-refractivity contribution in [3.63, 3.8) is 0 Å². The lowest BCUT2D eigenvalue weighted by molar-refractivity contribution is -0.134. The van der Waals surface area contributed by atoms with E-state index in [2.05, 4.69) is 5.01 Å². The normalized spacial score (nSPS) is 20.4. The molecule has 1 fully saturated rings. The number of nitrogens with two attached hydrogens (primary N) is 1. The van der Waals surface area contributed by atoms with Crippen molar-refractivity contribution in [2.24, 2.45) is 11.7 Å². The van der Waals surface area contributed by atoms with E-state index >= 15 is 0 Å². The maximum absolute atomic E-state index is 11.1. The van der Waals surface area contributed by atoms with Gasteiger partial charge in [0.25, 0.3) is 0 Å². The molecule has 0 aliphatic carbocycles. The third-order valence-corrected chi connectivity index (χ3v) is 3.27. The Hall–Kier alpha value is -1.39. The van der Waals surface area contributed by atoms with Crippen LogP contribution in [0.15, 0.2) is 30.3 Å². The third kappa shape index (κ3) is 3.05. The summed E-state index contributed by atoms with van der Waals surface area (Å²) in [5.41, 5.74) is 6.81. The number of amides is 1. The van der Waals surface area contributed by atoms with Gasteiger partial charge in [0.05, 0.1) is 6.54 Å². The van der Waals surface area contributed by atoms with Gasteiger partial charge >= 0.3 is 0 Å². The molecule has 92 valence electrons. The number of carbonyl (C=O) groups is 1. The molecule has 0 spiro atoms. The van der Waals surface area contributed by atoms with Gasteiger partial charge in [0.15, 0.2) is 0 Å². The van der Waals surface area contributed by atoms with Crippen LogP contribution in [-0.4, -0.2) is 36.1 Å². The summed E-state index contributed by atoms with van der Waals surface area (Å²) in [5, 5.41) is 3.85. The topological polar surface area (TPSA) is 49.6 Å². The van der Waals surface area contributed by atoms with Crippen molar-refractivity contribution < 1.29 is 4.79 Å². The van der Waals surface area contributed by atoms with E-state index in [1.165, 1.54) is 0 Å². The van der Waals surface area contributed by atoms with Crippen LogP contribution in [0.5, 0.6) is 0 Å². The second-order valence-electron chi connectivity index (χ2n) is 4.49. The number of nitrogens with zero attached hydrogens (tertiary/aromatic N) is 2. The van der Waals surface area contributed by atoms with Gasteiger partial charge in [-0.25, -0.2) is 5.01 Å². The molecule has 1 atom stereocenters. The molecule has 1 aliphatic heterocycles. The van der Waals surface area contributed by atoms with E-state index in [1.54, 1.807) is 5.01 Å². The summed E-state index contributed by atoms with van der Waals surface area (Å²) in [6, 6.07) is 10.0. The molecule has 0 unspecified atom stereocenters. The van der Waals surface area contributed by atoms with Crippen LogP contribution in [0.1, 0.15) is 12.0 Å². The number of carbonyl (C=O) groups excluding carboxylic acids is 1. The number of hydrazine groups is 1. The first-order valence-corrected chi connectivity index (χ1v) is 6.04. The van der Waals surface area contributed by atoms with E-state index in [4.69, 9.17) is 5.73 Å². The van der Waals surface area contributed by atoms with Gasteiger partial charge in [-0.3, -0.25) is 9.80 Å². The maximum atomic E-state index is 11.1. The molecule has 1 amide bonds. The molecule has 17 heavy (non-hydrogen) atoms. The maximum Gasteiger partial charge on any atom is 0.224 e. The fraction of sp³-hybridized carbons (Fsp3) is 0.462. The quantitative estimate of drug-likeness (QED) is 0.767. The summed E-state index contributed by atoms with van der Waals surface area (Å²) in [7, 11) is 0. The molecule has 1 heterocycles. The average Bonchev–Trinajstić information content (AvgIpc) is 2.86. The molecule has 0 bridgehead atoms. The molecule has 4 heteroatoms. The summed E-state index contributed by atoms with van der Waals surface area (Å²) in [4.78, 5) is 11.1. The zero-order valence-electron chi connectivity index (χ0n) is 9.96. The predicted molar refractivity (Wildman–Crippen MR) is 66.8 cm³/mol. The lowest BCUT2D eigenvalue weighted by atomic mass is 10.1. The van der Waals surface area contributed by atoms with E-state index in [0.29, 0.717) is 19.0 Å². The highest BCUT2D eigenvalue weighted by molar-refractivity contribution is 5.46. The number of rotatable bonds is 5. The number of hydrogen-bond donors (Lipinski definition) is 1. The molecule has 1 aromatic rings. The van der Waals surface area contributed by atoms with Gasteiger partial charge in [-0.2, -0.15) is 0 Å². The molecule has 0 aromatic heterocycles. The zero-order valence-corrected chi connectivity index (χ0v) is 9.96.